The second-order valence-electron chi connectivity index (χ2n) is 3.28. The number of aromatic nitrogens is 2. The van der Waals surface area contributed by atoms with E-state index < -0.39 is 0 Å². The number of aryl methyl sites for hydroxylation is 2. The average molecular weight is 271 g/mol. The van der Waals surface area contributed by atoms with Crippen molar-refractivity contribution >= 4 is 0 Å². The Kier molecular flexibility index (Phi) is 4.55. The van der Waals surface area contributed by atoms with Crippen molar-refractivity contribution in [2.45, 2.75) is 13.8 Å². The van der Waals surface area contributed by atoms with Gasteiger partial charge in [-0.15, -0.1) is 22.5 Å². The molecule has 0 amide bonds. The average Bonchev–Trinajstić information content (AvgIpc) is 2.21. The predicted molar refractivity (Wildman–Crippen MR) is 54.6 cm³/mol. The summed E-state index contributed by atoms with van der Waals surface area (Å²) in [6.07, 6.45) is 3.61. The summed E-state index contributed by atoms with van der Waals surface area (Å²) in [5.74, 6) is 0. The molecule has 2 aromatic rings. The van der Waals surface area contributed by atoms with Crippen molar-refractivity contribution in [2.75, 3.05) is 0 Å². The molecule has 0 aliphatic carbocycles. The van der Waals surface area contributed by atoms with Crippen LogP contribution in [-0.4, -0.2) is 9.97 Å². The monoisotopic (exact) mass is 271 g/mol. The minimum Gasteiger partial charge on any atom is -0.357 e. The molecule has 2 aromatic heterocycles. The fourth-order valence-corrected chi connectivity index (χ4v) is 1.11. The Morgan fingerprint density at radius 3 is 1.53 bits per heavy atom. The van der Waals surface area contributed by atoms with Gasteiger partial charge in [-0.25, -0.2) is 12.1 Å². The molecule has 0 saturated heterocycles. The van der Waals surface area contributed by atoms with Crippen LogP contribution in [0.5, 0.6) is 0 Å². The molecule has 2 heterocycles. The van der Waals surface area contributed by atoms with Crippen LogP contribution in [0.3, 0.4) is 0 Å². The van der Waals surface area contributed by atoms with E-state index in [0.717, 1.165) is 22.5 Å². The summed E-state index contributed by atoms with van der Waals surface area (Å²) in [6.45, 7) is 3.97. The number of nitrogens with zero attached hydrogens (tertiary/aromatic N) is 2. The fraction of sp³-hybridized carbons (Fsp3) is 0.167. The molecule has 0 aliphatic rings. The molecule has 0 unspecified atom stereocenters. The quantitative estimate of drug-likeness (QED) is 0.744. The summed E-state index contributed by atoms with van der Waals surface area (Å²) in [4.78, 5) is 8.46. The number of pyridine rings is 2. The van der Waals surface area contributed by atoms with Gasteiger partial charge in [0.15, 0.2) is 0 Å². The molecule has 0 atom stereocenters. The Morgan fingerprint density at radius 2 is 1.27 bits per heavy atom. The zero-order valence-corrected chi connectivity index (χ0v) is 11.6. The summed E-state index contributed by atoms with van der Waals surface area (Å²) in [5.41, 5.74) is 3.69. The summed E-state index contributed by atoms with van der Waals surface area (Å²) in [7, 11) is 0. The summed E-state index contributed by atoms with van der Waals surface area (Å²) < 4.78 is 0. The predicted octanol–water partition coefficient (Wildman–Crippen LogP) is 2.36. The van der Waals surface area contributed by atoms with E-state index in [9.17, 15) is 0 Å². The topological polar surface area (TPSA) is 25.8 Å². The van der Waals surface area contributed by atoms with Gasteiger partial charge in [0.05, 0.1) is 0 Å². The van der Waals surface area contributed by atoms with Crippen LogP contribution in [0.2, 0.25) is 0 Å². The zero-order chi connectivity index (χ0) is 9.97. The van der Waals surface area contributed by atoms with E-state index in [1.165, 1.54) is 0 Å². The van der Waals surface area contributed by atoms with Gasteiger partial charge in [0.1, 0.15) is 0 Å². The SMILES string of the molecule is Cc1c[c-]c(-c2[c-]cc(C)cn2)nc1.[Y]. The first-order chi connectivity index (χ1) is 6.75. The maximum absolute atomic E-state index is 4.23. The van der Waals surface area contributed by atoms with Crippen LogP contribution in [0.15, 0.2) is 24.5 Å². The zero-order valence-electron chi connectivity index (χ0n) is 8.78. The minimum absolute atomic E-state index is 0. The van der Waals surface area contributed by atoms with E-state index >= 15 is 0 Å². The first-order valence-electron chi connectivity index (χ1n) is 4.45. The molecule has 0 bridgehead atoms. The molecule has 73 valence electrons. The second-order valence-corrected chi connectivity index (χ2v) is 3.28. The van der Waals surface area contributed by atoms with Gasteiger partial charge in [0, 0.05) is 32.7 Å². The van der Waals surface area contributed by atoms with Gasteiger partial charge >= 0.3 is 0 Å². The van der Waals surface area contributed by atoms with Crippen LogP contribution in [0.25, 0.3) is 11.4 Å². The molecular weight excluding hydrogens is 261 g/mol. The molecule has 0 fully saturated rings. The molecule has 0 N–H and O–H groups in total. The third-order valence-corrected chi connectivity index (χ3v) is 1.89. The smallest absolute Gasteiger partial charge is 0 e. The van der Waals surface area contributed by atoms with Gasteiger partial charge in [0.25, 0.3) is 0 Å². The number of hydrogen-bond donors (Lipinski definition) is 0. The van der Waals surface area contributed by atoms with Crippen molar-refractivity contribution in [2.24, 2.45) is 0 Å². The van der Waals surface area contributed by atoms with Crippen molar-refractivity contribution in [1.82, 2.24) is 9.97 Å². The van der Waals surface area contributed by atoms with Crippen molar-refractivity contribution in [1.29, 1.82) is 0 Å². The minimum atomic E-state index is 0. The van der Waals surface area contributed by atoms with Crippen molar-refractivity contribution in [3.8, 4) is 11.4 Å². The van der Waals surface area contributed by atoms with Crippen LogP contribution in [0.1, 0.15) is 11.1 Å². The molecule has 2 rings (SSSR count). The van der Waals surface area contributed by atoms with Gasteiger partial charge in [-0.2, -0.15) is 12.1 Å². The van der Waals surface area contributed by atoms with E-state index in [1.807, 2.05) is 26.0 Å². The van der Waals surface area contributed by atoms with Crippen molar-refractivity contribution in [3.63, 3.8) is 0 Å². The van der Waals surface area contributed by atoms with Crippen LogP contribution in [0.4, 0.5) is 0 Å². The molecule has 0 spiro atoms. The van der Waals surface area contributed by atoms with Crippen LogP contribution >= 0.6 is 0 Å². The fourth-order valence-electron chi connectivity index (χ4n) is 1.11. The van der Waals surface area contributed by atoms with Crippen LogP contribution < -0.4 is 0 Å². The van der Waals surface area contributed by atoms with Crippen molar-refractivity contribution < 1.29 is 32.7 Å². The number of hydrogen-bond acceptors (Lipinski definition) is 2. The molecule has 1 radical (unpaired) electrons. The first-order valence-corrected chi connectivity index (χ1v) is 4.45. The first kappa shape index (κ1) is 12.5. The van der Waals surface area contributed by atoms with Gasteiger partial charge in [-0.1, -0.05) is 13.8 Å². The number of rotatable bonds is 1. The third kappa shape index (κ3) is 3.18. The Hall–Kier alpha value is -0.596. The van der Waals surface area contributed by atoms with E-state index in [4.69, 9.17) is 0 Å². The van der Waals surface area contributed by atoms with Gasteiger partial charge in [-0.05, 0) is 12.4 Å². The van der Waals surface area contributed by atoms with Gasteiger partial charge in [0.2, 0.25) is 0 Å². The normalized spacial score (nSPS) is 9.47. The second kappa shape index (κ2) is 5.48. The summed E-state index contributed by atoms with van der Waals surface area (Å²) >= 11 is 0. The molecule has 15 heavy (non-hydrogen) atoms. The Morgan fingerprint density at radius 1 is 0.867 bits per heavy atom. The summed E-state index contributed by atoms with van der Waals surface area (Å²) in [6, 6.07) is 9.94. The molecule has 0 saturated carbocycles. The molecule has 0 aliphatic heterocycles. The Balaban J connectivity index is 0.00000112. The van der Waals surface area contributed by atoms with E-state index in [1.54, 1.807) is 12.4 Å². The molecule has 3 heteroatoms. The van der Waals surface area contributed by atoms with Crippen LogP contribution in [-0.2, 0) is 32.7 Å². The van der Waals surface area contributed by atoms with Gasteiger partial charge in [-0.3, -0.25) is 0 Å². The molecular formula is C12H10N2Y-2. The molecule has 0 aromatic carbocycles. The summed E-state index contributed by atoms with van der Waals surface area (Å²) in [5, 5.41) is 0. The van der Waals surface area contributed by atoms with E-state index in [2.05, 4.69) is 22.1 Å². The van der Waals surface area contributed by atoms with Crippen molar-refractivity contribution in [3.05, 3.63) is 47.8 Å². The largest absolute Gasteiger partial charge is 0.357 e. The maximum atomic E-state index is 4.23. The maximum Gasteiger partial charge on any atom is 0 e. The van der Waals surface area contributed by atoms with Gasteiger partial charge < -0.3 is 9.97 Å². The van der Waals surface area contributed by atoms with E-state index in [0.29, 0.717) is 0 Å². The van der Waals surface area contributed by atoms with E-state index in [-0.39, 0.29) is 32.7 Å². The van der Waals surface area contributed by atoms with Crippen LogP contribution in [0, 0.1) is 26.0 Å². The Bertz CT molecular complexity index is 377. The Labute approximate surface area is 115 Å². The third-order valence-electron chi connectivity index (χ3n) is 1.89. The standard InChI is InChI=1S/C12H10N2.Y/c1-9-3-5-11(13-7-9)12-6-4-10(2)8-14-12;/h3-4,7-8H,1-2H3;/q-2;. The molecule has 2 nitrogen and oxygen atoms in total.